The predicted octanol–water partition coefficient (Wildman–Crippen LogP) is 4.25. The van der Waals surface area contributed by atoms with Crippen LogP contribution in [-0.2, 0) is 14.2 Å². The maximum atomic E-state index is 11.8. The van der Waals surface area contributed by atoms with E-state index >= 15 is 0 Å². The van der Waals surface area contributed by atoms with Crippen molar-refractivity contribution in [2.24, 2.45) is 28.1 Å². The number of rotatable bonds is 2. The van der Waals surface area contributed by atoms with Gasteiger partial charge in [0.05, 0.1) is 36.8 Å². The summed E-state index contributed by atoms with van der Waals surface area (Å²) in [5, 5.41) is 39.9. The van der Waals surface area contributed by atoms with Crippen molar-refractivity contribution in [2.45, 2.75) is 51.9 Å². The maximum absolute atomic E-state index is 11.8. The molecule has 1 aromatic rings. The molecule has 2 aliphatic heterocycles. The van der Waals surface area contributed by atoms with Crippen LogP contribution in [0.15, 0.2) is 24.3 Å². The smallest absolute Gasteiger partial charge is 0.337 e. The van der Waals surface area contributed by atoms with Crippen LogP contribution in [0.4, 0.5) is 0 Å². The lowest BCUT2D eigenvalue weighted by atomic mass is 9.49. The number of hydrogen-bond acceptors (Lipinski definition) is 8. The Labute approximate surface area is 193 Å². The summed E-state index contributed by atoms with van der Waals surface area (Å²) in [7, 11) is 1.28. The Morgan fingerprint density at radius 1 is 1.15 bits per heavy atom. The summed E-state index contributed by atoms with van der Waals surface area (Å²) in [6.45, 7) is 6.37. The highest BCUT2D eigenvalue weighted by atomic mass is 16.7. The SMILES string of the molecule is COC(=O)c1ccc(C2OC34CCC(C(C)(C)C)CC3C(C#N)(C(=N)O4)C2(C#N)C#N)cc1. The molecule has 3 fully saturated rings. The van der Waals surface area contributed by atoms with E-state index in [0.717, 1.165) is 6.42 Å². The number of nitrogens with zero attached hydrogens (tertiary/aromatic N) is 3. The van der Waals surface area contributed by atoms with Crippen molar-refractivity contribution in [3.05, 3.63) is 35.4 Å². The Hall–Kier alpha value is -3.41. The summed E-state index contributed by atoms with van der Waals surface area (Å²) in [5.41, 5.74) is -3.07. The van der Waals surface area contributed by atoms with E-state index in [9.17, 15) is 20.6 Å². The van der Waals surface area contributed by atoms with Crippen LogP contribution >= 0.6 is 0 Å². The molecule has 1 N–H and O–H groups in total. The Balaban J connectivity index is 1.88. The van der Waals surface area contributed by atoms with Crippen LogP contribution in [0.5, 0.6) is 0 Å². The third-order valence-corrected chi connectivity index (χ3v) is 7.77. The van der Waals surface area contributed by atoms with Gasteiger partial charge >= 0.3 is 5.97 Å². The number of benzene rings is 1. The Kier molecular flexibility index (Phi) is 5.04. The normalized spacial score (nSPS) is 34.1. The average molecular weight is 447 g/mol. The number of nitrogens with one attached hydrogen (secondary N) is 1. The van der Waals surface area contributed by atoms with Crippen LogP contribution in [0.25, 0.3) is 0 Å². The molecule has 33 heavy (non-hydrogen) atoms. The van der Waals surface area contributed by atoms with E-state index in [0.29, 0.717) is 24.0 Å². The molecule has 1 aliphatic carbocycles. The third kappa shape index (κ3) is 2.82. The standard InChI is InChI=1S/C25H26N4O4/c1-22(2,3)17-9-10-25-18(11-17)24(14-28,21(29)33-25)23(12-26,13-27)19(32-25)15-5-7-16(8-6-15)20(30)31-4/h5-8,17-19,29H,9-11H2,1-4H3. The van der Waals surface area contributed by atoms with Gasteiger partial charge in [-0.25, -0.2) is 4.79 Å². The van der Waals surface area contributed by atoms with Crippen LogP contribution < -0.4 is 0 Å². The molecule has 2 heterocycles. The zero-order chi connectivity index (χ0) is 24.2. The van der Waals surface area contributed by atoms with Crippen LogP contribution in [-0.4, -0.2) is 24.8 Å². The molecular formula is C25H26N4O4. The van der Waals surface area contributed by atoms with Crippen LogP contribution in [0, 0.1) is 67.5 Å². The number of carbonyl (C=O) groups is 1. The minimum absolute atomic E-state index is 0.0532. The van der Waals surface area contributed by atoms with E-state index in [1.54, 1.807) is 12.1 Å². The summed E-state index contributed by atoms with van der Waals surface area (Å²) in [6, 6.07) is 12.6. The van der Waals surface area contributed by atoms with Gasteiger partial charge in [-0.3, -0.25) is 5.41 Å². The lowest BCUT2D eigenvalue weighted by Gasteiger charge is -2.54. The van der Waals surface area contributed by atoms with Gasteiger partial charge in [-0.15, -0.1) is 0 Å². The molecule has 4 rings (SSSR count). The van der Waals surface area contributed by atoms with E-state index in [1.165, 1.54) is 19.2 Å². The Bertz CT molecular complexity index is 1120. The van der Waals surface area contributed by atoms with Gasteiger partial charge in [-0.1, -0.05) is 32.9 Å². The molecule has 2 saturated heterocycles. The highest BCUT2D eigenvalue weighted by molar-refractivity contribution is 5.90. The zero-order valence-electron chi connectivity index (χ0n) is 19.1. The van der Waals surface area contributed by atoms with Crippen LogP contribution in [0.2, 0.25) is 0 Å². The van der Waals surface area contributed by atoms with Gasteiger partial charge in [-0.2, -0.15) is 15.8 Å². The number of hydrogen-bond donors (Lipinski definition) is 1. The Morgan fingerprint density at radius 2 is 1.79 bits per heavy atom. The highest BCUT2D eigenvalue weighted by Crippen LogP contribution is 2.70. The second kappa shape index (κ2) is 7.30. The minimum atomic E-state index is -2.00. The fraction of sp³-hybridized carbons (Fsp3) is 0.560. The third-order valence-electron chi connectivity index (χ3n) is 7.77. The highest BCUT2D eigenvalue weighted by Gasteiger charge is 2.81. The molecule has 2 bridgehead atoms. The molecule has 0 spiro atoms. The largest absolute Gasteiger partial charge is 0.465 e. The topological polar surface area (TPSA) is 140 Å². The van der Waals surface area contributed by atoms with Gasteiger partial charge in [0, 0.05) is 6.42 Å². The molecule has 1 aromatic carbocycles. The first kappa shape index (κ1) is 22.8. The van der Waals surface area contributed by atoms with Crippen molar-refractivity contribution in [1.29, 1.82) is 21.2 Å². The molecule has 5 unspecified atom stereocenters. The quantitative estimate of drug-likeness (QED) is 0.669. The lowest BCUT2D eigenvalue weighted by molar-refractivity contribution is -0.301. The van der Waals surface area contributed by atoms with Gasteiger partial charge in [0.1, 0.15) is 6.10 Å². The molecule has 0 aromatic heterocycles. The number of ether oxygens (including phenoxy) is 3. The van der Waals surface area contributed by atoms with Crippen LogP contribution in [0.1, 0.15) is 62.1 Å². The van der Waals surface area contributed by atoms with E-state index in [2.05, 4.69) is 39.0 Å². The predicted molar refractivity (Wildman–Crippen MR) is 115 cm³/mol. The molecule has 3 aliphatic rings. The van der Waals surface area contributed by atoms with Crippen molar-refractivity contribution < 1.29 is 19.0 Å². The lowest BCUT2D eigenvalue weighted by Crippen LogP contribution is -2.61. The molecule has 5 atom stereocenters. The first-order valence-electron chi connectivity index (χ1n) is 10.9. The zero-order valence-corrected chi connectivity index (χ0v) is 19.1. The number of nitriles is 3. The summed E-state index contributed by atoms with van der Waals surface area (Å²) in [5.74, 6) is -2.55. The van der Waals surface area contributed by atoms with Crippen molar-refractivity contribution in [3.8, 4) is 18.2 Å². The molecule has 8 heteroatoms. The van der Waals surface area contributed by atoms with Crippen molar-refractivity contribution in [1.82, 2.24) is 0 Å². The second-order valence-electron chi connectivity index (χ2n) is 10.2. The van der Waals surface area contributed by atoms with E-state index in [4.69, 9.17) is 19.6 Å². The van der Waals surface area contributed by atoms with E-state index < -0.39 is 34.6 Å². The number of esters is 1. The van der Waals surface area contributed by atoms with Gasteiger partial charge in [0.2, 0.25) is 17.1 Å². The van der Waals surface area contributed by atoms with Crippen molar-refractivity contribution >= 4 is 11.9 Å². The minimum Gasteiger partial charge on any atom is -0.465 e. The van der Waals surface area contributed by atoms with Gasteiger partial charge in [-0.05, 0) is 41.9 Å². The average Bonchev–Trinajstić information content (AvgIpc) is 3.01. The van der Waals surface area contributed by atoms with Crippen LogP contribution in [0.3, 0.4) is 0 Å². The molecule has 170 valence electrons. The number of carbonyl (C=O) groups excluding carboxylic acids is 1. The second-order valence-corrected chi connectivity index (χ2v) is 10.2. The summed E-state index contributed by atoms with van der Waals surface area (Å²) in [4.78, 5) is 11.8. The molecule has 1 saturated carbocycles. The number of methoxy groups -OCH3 is 1. The van der Waals surface area contributed by atoms with Crippen molar-refractivity contribution in [2.75, 3.05) is 7.11 Å². The summed E-state index contributed by atoms with van der Waals surface area (Å²) >= 11 is 0. The summed E-state index contributed by atoms with van der Waals surface area (Å²) in [6.07, 6.45) is 0.604. The van der Waals surface area contributed by atoms with Gasteiger partial charge in [0.15, 0.2) is 5.41 Å². The van der Waals surface area contributed by atoms with Gasteiger partial charge in [0.25, 0.3) is 0 Å². The Morgan fingerprint density at radius 3 is 2.30 bits per heavy atom. The molecule has 8 nitrogen and oxygen atoms in total. The van der Waals surface area contributed by atoms with E-state index in [-0.39, 0.29) is 17.2 Å². The van der Waals surface area contributed by atoms with Gasteiger partial charge < -0.3 is 14.2 Å². The maximum Gasteiger partial charge on any atom is 0.337 e. The molecule has 0 radical (unpaired) electrons. The first-order valence-corrected chi connectivity index (χ1v) is 10.9. The van der Waals surface area contributed by atoms with Crippen molar-refractivity contribution in [3.63, 3.8) is 0 Å². The summed E-state index contributed by atoms with van der Waals surface area (Å²) < 4.78 is 17.2. The first-order chi connectivity index (χ1) is 15.5. The molecule has 0 amide bonds. The molecular weight excluding hydrogens is 420 g/mol. The van der Waals surface area contributed by atoms with E-state index in [1.807, 2.05) is 0 Å². The fourth-order valence-corrected chi connectivity index (χ4v) is 5.84. The monoisotopic (exact) mass is 446 g/mol. The fourth-order valence-electron chi connectivity index (χ4n) is 5.84.